The zero-order valence-electron chi connectivity index (χ0n) is 15.5. The van der Waals surface area contributed by atoms with Crippen LogP contribution in [0.3, 0.4) is 0 Å². The lowest BCUT2D eigenvalue weighted by Gasteiger charge is -2.11. The Morgan fingerprint density at radius 3 is 2.39 bits per heavy atom. The van der Waals surface area contributed by atoms with E-state index in [2.05, 4.69) is 10.9 Å². The molecule has 2 N–H and O–H groups in total. The second-order valence-corrected chi connectivity index (χ2v) is 5.89. The minimum Gasteiger partial charge on any atom is -0.494 e. The van der Waals surface area contributed by atoms with E-state index in [0.717, 1.165) is 17.0 Å². The van der Waals surface area contributed by atoms with Crippen LogP contribution in [-0.2, 0) is 4.79 Å². The molecule has 0 aliphatic heterocycles. The SMILES string of the molecule is CCOc1ccc(/C=C/C(=O)NNC(=O)c2ccccc2-n2cccc2)cc1. The molecule has 0 atom stereocenters. The third kappa shape index (κ3) is 4.88. The van der Waals surface area contributed by atoms with E-state index < -0.39 is 11.8 Å². The first-order chi connectivity index (χ1) is 13.7. The Kier molecular flexibility index (Phi) is 6.25. The van der Waals surface area contributed by atoms with Gasteiger partial charge in [0.2, 0.25) is 0 Å². The van der Waals surface area contributed by atoms with Gasteiger partial charge in [-0.1, -0.05) is 24.3 Å². The fourth-order valence-corrected chi connectivity index (χ4v) is 2.63. The molecule has 6 nitrogen and oxygen atoms in total. The molecule has 0 bridgehead atoms. The topological polar surface area (TPSA) is 72.4 Å². The summed E-state index contributed by atoms with van der Waals surface area (Å²) >= 11 is 0. The molecule has 0 aliphatic rings. The Bertz CT molecular complexity index is 961. The normalized spacial score (nSPS) is 10.6. The van der Waals surface area contributed by atoms with Crippen LogP contribution in [0.1, 0.15) is 22.8 Å². The monoisotopic (exact) mass is 375 g/mol. The predicted octanol–water partition coefficient (Wildman–Crippen LogP) is 3.35. The summed E-state index contributed by atoms with van der Waals surface area (Å²) in [5, 5.41) is 0. The number of ether oxygens (including phenoxy) is 1. The molecule has 3 rings (SSSR count). The van der Waals surface area contributed by atoms with Crippen molar-refractivity contribution in [2.24, 2.45) is 0 Å². The van der Waals surface area contributed by atoms with Crippen LogP contribution in [0.15, 0.2) is 79.1 Å². The average molecular weight is 375 g/mol. The maximum absolute atomic E-state index is 12.5. The van der Waals surface area contributed by atoms with Crippen molar-refractivity contribution in [2.45, 2.75) is 6.92 Å². The van der Waals surface area contributed by atoms with Gasteiger partial charge in [0.15, 0.2) is 0 Å². The number of hydrogen-bond acceptors (Lipinski definition) is 3. The Hall–Kier alpha value is -3.80. The first-order valence-electron chi connectivity index (χ1n) is 8.91. The molecule has 0 radical (unpaired) electrons. The maximum atomic E-state index is 12.5. The molecule has 0 saturated carbocycles. The van der Waals surface area contributed by atoms with E-state index >= 15 is 0 Å². The van der Waals surface area contributed by atoms with E-state index in [0.29, 0.717) is 12.2 Å². The highest BCUT2D eigenvalue weighted by Gasteiger charge is 2.12. The summed E-state index contributed by atoms with van der Waals surface area (Å²) in [6.07, 6.45) is 6.72. The number of aromatic nitrogens is 1. The number of hydrazine groups is 1. The van der Waals surface area contributed by atoms with Crippen LogP contribution in [0, 0.1) is 0 Å². The molecule has 1 aromatic heterocycles. The van der Waals surface area contributed by atoms with E-state index in [1.54, 1.807) is 18.2 Å². The fraction of sp³-hybridized carbons (Fsp3) is 0.0909. The number of benzene rings is 2. The Morgan fingerprint density at radius 1 is 0.964 bits per heavy atom. The van der Waals surface area contributed by atoms with Crippen molar-refractivity contribution in [3.05, 3.63) is 90.3 Å². The third-order valence-corrected chi connectivity index (χ3v) is 3.95. The van der Waals surface area contributed by atoms with Gasteiger partial charge in [0, 0.05) is 18.5 Å². The lowest BCUT2D eigenvalue weighted by atomic mass is 10.1. The number of carbonyl (C=O) groups excluding carboxylic acids is 2. The second kappa shape index (κ2) is 9.23. The summed E-state index contributed by atoms with van der Waals surface area (Å²) in [5.41, 5.74) is 6.87. The minimum absolute atomic E-state index is 0.396. The molecule has 0 saturated heterocycles. The zero-order chi connectivity index (χ0) is 19.8. The third-order valence-electron chi connectivity index (χ3n) is 3.95. The van der Waals surface area contributed by atoms with Gasteiger partial charge in [0.1, 0.15) is 5.75 Å². The Morgan fingerprint density at radius 2 is 1.68 bits per heavy atom. The van der Waals surface area contributed by atoms with Crippen molar-refractivity contribution in [2.75, 3.05) is 6.61 Å². The summed E-state index contributed by atoms with van der Waals surface area (Å²) in [6.45, 7) is 2.52. The van der Waals surface area contributed by atoms with Crippen molar-refractivity contribution < 1.29 is 14.3 Å². The predicted molar refractivity (Wildman–Crippen MR) is 108 cm³/mol. The maximum Gasteiger partial charge on any atom is 0.271 e. The van der Waals surface area contributed by atoms with Gasteiger partial charge < -0.3 is 9.30 Å². The smallest absolute Gasteiger partial charge is 0.271 e. The van der Waals surface area contributed by atoms with Crippen molar-refractivity contribution >= 4 is 17.9 Å². The van der Waals surface area contributed by atoms with E-state index in [4.69, 9.17) is 4.74 Å². The lowest BCUT2D eigenvalue weighted by Crippen LogP contribution is -2.41. The summed E-state index contributed by atoms with van der Waals surface area (Å²) in [6, 6.07) is 18.3. The van der Waals surface area contributed by atoms with Crippen LogP contribution in [-0.4, -0.2) is 23.0 Å². The molecule has 0 aliphatic carbocycles. The van der Waals surface area contributed by atoms with Crippen LogP contribution in [0.2, 0.25) is 0 Å². The van der Waals surface area contributed by atoms with Gasteiger partial charge in [0.05, 0.1) is 17.9 Å². The first-order valence-corrected chi connectivity index (χ1v) is 8.91. The highest BCUT2D eigenvalue weighted by atomic mass is 16.5. The van der Waals surface area contributed by atoms with Crippen molar-refractivity contribution in [1.82, 2.24) is 15.4 Å². The average Bonchev–Trinajstić information content (AvgIpc) is 3.26. The highest BCUT2D eigenvalue weighted by Crippen LogP contribution is 2.15. The molecule has 2 aromatic carbocycles. The van der Waals surface area contributed by atoms with Gasteiger partial charge in [-0.25, -0.2) is 0 Å². The van der Waals surface area contributed by atoms with Gasteiger partial charge in [-0.3, -0.25) is 20.4 Å². The molecule has 2 amide bonds. The van der Waals surface area contributed by atoms with Crippen molar-refractivity contribution in [1.29, 1.82) is 0 Å². The van der Waals surface area contributed by atoms with Crippen molar-refractivity contribution in [3.8, 4) is 11.4 Å². The second-order valence-electron chi connectivity index (χ2n) is 5.89. The van der Waals surface area contributed by atoms with E-state index in [1.165, 1.54) is 6.08 Å². The highest BCUT2D eigenvalue weighted by molar-refractivity contribution is 6.00. The number of amides is 2. The molecular weight excluding hydrogens is 354 g/mol. The molecule has 1 heterocycles. The number of hydrogen-bond donors (Lipinski definition) is 2. The van der Waals surface area contributed by atoms with Gasteiger partial charge in [0.25, 0.3) is 11.8 Å². The molecule has 0 unspecified atom stereocenters. The Balaban J connectivity index is 1.58. The quantitative estimate of drug-likeness (QED) is 0.513. The minimum atomic E-state index is -0.430. The number of nitrogens with zero attached hydrogens (tertiary/aromatic N) is 1. The number of rotatable bonds is 6. The fourth-order valence-electron chi connectivity index (χ4n) is 2.63. The summed E-state index contributed by atoms with van der Waals surface area (Å²) in [4.78, 5) is 24.5. The molecule has 0 spiro atoms. The lowest BCUT2D eigenvalue weighted by molar-refractivity contribution is -0.117. The largest absolute Gasteiger partial charge is 0.494 e. The van der Waals surface area contributed by atoms with Crippen LogP contribution >= 0.6 is 0 Å². The molecule has 6 heteroatoms. The van der Waals surface area contributed by atoms with E-state index in [1.807, 2.05) is 72.4 Å². The Labute approximate surface area is 163 Å². The van der Waals surface area contributed by atoms with Gasteiger partial charge >= 0.3 is 0 Å². The standard InChI is InChI=1S/C22H21N3O3/c1-2-28-18-12-9-17(10-13-18)11-14-21(26)23-24-22(27)19-7-3-4-8-20(19)25-15-5-6-16-25/h3-16H,2H2,1H3,(H,23,26)(H,24,27)/b14-11+. The van der Waals surface area contributed by atoms with Crippen LogP contribution in [0.5, 0.6) is 5.75 Å². The van der Waals surface area contributed by atoms with Gasteiger partial charge in [-0.2, -0.15) is 0 Å². The number of para-hydroxylation sites is 1. The number of carbonyl (C=O) groups is 2. The summed E-state index contributed by atoms with van der Waals surface area (Å²) in [7, 11) is 0. The van der Waals surface area contributed by atoms with Crippen molar-refractivity contribution in [3.63, 3.8) is 0 Å². The van der Waals surface area contributed by atoms with Crippen LogP contribution < -0.4 is 15.6 Å². The van der Waals surface area contributed by atoms with Crippen LogP contribution in [0.25, 0.3) is 11.8 Å². The van der Waals surface area contributed by atoms with Crippen LogP contribution in [0.4, 0.5) is 0 Å². The summed E-state index contributed by atoms with van der Waals surface area (Å²) in [5.74, 6) is -0.0504. The number of nitrogens with one attached hydrogen (secondary N) is 2. The molecule has 0 fully saturated rings. The molecule has 142 valence electrons. The summed E-state index contributed by atoms with van der Waals surface area (Å²) < 4.78 is 7.21. The molecule has 28 heavy (non-hydrogen) atoms. The molecular formula is C22H21N3O3. The van der Waals surface area contributed by atoms with E-state index in [-0.39, 0.29) is 0 Å². The first kappa shape index (κ1) is 19.0. The van der Waals surface area contributed by atoms with Gasteiger partial charge in [-0.05, 0) is 55.0 Å². The van der Waals surface area contributed by atoms with E-state index in [9.17, 15) is 9.59 Å². The van der Waals surface area contributed by atoms with Gasteiger partial charge in [-0.15, -0.1) is 0 Å². The molecule has 3 aromatic rings. The zero-order valence-corrected chi connectivity index (χ0v) is 15.5.